The van der Waals surface area contributed by atoms with Gasteiger partial charge in [-0.3, -0.25) is 0 Å². The van der Waals surface area contributed by atoms with Crippen LogP contribution in [0.15, 0.2) is 0 Å². The van der Waals surface area contributed by atoms with E-state index in [9.17, 15) is 13.2 Å². The van der Waals surface area contributed by atoms with Gasteiger partial charge in [0.2, 0.25) is 0 Å². The smallest absolute Gasteiger partial charge is 0.383 e. The summed E-state index contributed by atoms with van der Waals surface area (Å²) in [6, 6.07) is 0. The molecular formula is C12H24F3NO2. The molecule has 0 aliphatic rings. The molecule has 0 aliphatic carbocycles. The van der Waals surface area contributed by atoms with Crippen molar-refractivity contribution >= 4 is 0 Å². The first-order chi connectivity index (χ1) is 8.45. The molecule has 110 valence electrons. The molecule has 0 aliphatic heterocycles. The van der Waals surface area contributed by atoms with Crippen molar-refractivity contribution in [3.05, 3.63) is 0 Å². The summed E-state index contributed by atoms with van der Waals surface area (Å²) in [7, 11) is 1.66. The Morgan fingerprint density at radius 1 is 1.17 bits per heavy atom. The number of methoxy groups -OCH3 is 1. The van der Waals surface area contributed by atoms with Gasteiger partial charge in [0.05, 0.1) is 6.61 Å². The second-order valence-corrected chi connectivity index (χ2v) is 4.47. The summed E-state index contributed by atoms with van der Waals surface area (Å²) in [4.78, 5) is 0. The van der Waals surface area contributed by atoms with Crippen LogP contribution in [-0.4, -0.2) is 46.2 Å². The molecule has 0 bridgehead atoms. The second kappa shape index (κ2) is 10.6. The number of alkyl halides is 3. The van der Waals surface area contributed by atoms with Crippen molar-refractivity contribution in [1.29, 1.82) is 0 Å². The molecule has 0 heterocycles. The van der Waals surface area contributed by atoms with E-state index in [1.165, 1.54) is 0 Å². The van der Waals surface area contributed by atoms with Crippen LogP contribution in [0.5, 0.6) is 0 Å². The standard InChI is InChI=1S/C12H24F3NO2/c1-11(9-16-6-8-17-2)5-3-4-7-18-10-12(13,14)15/h11,16H,3-10H2,1-2H3. The first kappa shape index (κ1) is 17.7. The van der Waals surface area contributed by atoms with Crippen LogP contribution in [0.3, 0.4) is 0 Å². The zero-order valence-electron chi connectivity index (χ0n) is 11.2. The highest BCUT2D eigenvalue weighted by atomic mass is 19.4. The number of rotatable bonds is 11. The maximum absolute atomic E-state index is 11.8. The lowest BCUT2D eigenvalue weighted by molar-refractivity contribution is -0.174. The lowest BCUT2D eigenvalue weighted by Gasteiger charge is -2.12. The third kappa shape index (κ3) is 13.7. The molecular weight excluding hydrogens is 247 g/mol. The fraction of sp³-hybridized carbons (Fsp3) is 1.00. The lowest BCUT2D eigenvalue weighted by atomic mass is 10.0. The van der Waals surface area contributed by atoms with Gasteiger partial charge in [0.25, 0.3) is 0 Å². The Labute approximate surface area is 107 Å². The molecule has 0 aromatic rings. The van der Waals surface area contributed by atoms with E-state index < -0.39 is 12.8 Å². The van der Waals surface area contributed by atoms with Gasteiger partial charge in [-0.15, -0.1) is 0 Å². The zero-order chi connectivity index (χ0) is 13.9. The predicted octanol–water partition coefficient (Wildman–Crippen LogP) is 2.61. The minimum Gasteiger partial charge on any atom is -0.383 e. The molecule has 0 rings (SSSR count). The third-order valence-electron chi connectivity index (χ3n) is 2.48. The third-order valence-corrected chi connectivity index (χ3v) is 2.48. The van der Waals surface area contributed by atoms with Gasteiger partial charge in [-0.05, 0) is 25.3 Å². The van der Waals surface area contributed by atoms with E-state index in [0.29, 0.717) is 18.9 Å². The molecule has 0 radical (unpaired) electrons. The predicted molar refractivity (Wildman–Crippen MR) is 64.6 cm³/mol. The SMILES string of the molecule is COCCNCC(C)CCCCOCC(F)(F)F. The van der Waals surface area contributed by atoms with Gasteiger partial charge in [-0.1, -0.05) is 13.3 Å². The summed E-state index contributed by atoms with van der Waals surface area (Å²) in [6.45, 7) is 3.60. The van der Waals surface area contributed by atoms with E-state index in [2.05, 4.69) is 17.0 Å². The van der Waals surface area contributed by atoms with Gasteiger partial charge in [0.1, 0.15) is 6.61 Å². The van der Waals surface area contributed by atoms with Crippen molar-refractivity contribution in [2.24, 2.45) is 5.92 Å². The average molecular weight is 271 g/mol. The molecule has 0 fully saturated rings. The normalized spacial score (nSPS) is 13.8. The second-order valence-electron chi connectivity index (χ2n) is 4.47. The van der Waals surface area contributed by atoms with Crippen LogP contribution in [-0.2, 0) is 9.47 Å². The van der Waals surface area contributed by atoms with Crippen LogP contribution in [0.1, 0.15) is 26.2 Å². The number of hydrogen-bond acceptors (Lipinski definition) is 3. The molecule has 18 heavy (non-hydrogen) atoms. The van der Waals surface area contributed by atoms with Crippen molar-refractivity contribution < 1.29 is 22.6 Å². The first-order valence-corrected chi connectivity index (χ1v) is 6.30. The summed E-state index contributed by atoms with van der Waals surface area (Å²) in [6.07, 6.45) is -1.64. The van der Waals surface area contributed by atoms with Crippen LogP contribution >= 0.6 is 0 Å². The molecule has 0 spiro atoms. The fourth-order valence-electron chi connectivity index (χ4n) is 1.51. The minimum atomic E-state index is -4.21. The first-order valence-electron chi connectivity index (χ1n) is 6.30. The average Bonchev–Trinajstić information content (AvgIpc) is 2.28. The molecule has 1 atom stereocenters. The van der Waals surface area contributed by atoms with Gasteiger partial charge in [0.15, 0.2) is 0 Å². The maximum Gasteiger partial charge on any atom is 0.411 e. The van der Waals surface area contributed by atoms with Crippen molar-refractivity contribution in [2.45, 2.75) is 32.4 Å². The summed E-state index contributed by atoms with van der Waals surface area (Å²) in [5, 5.41) is 3.25. The molecule has 6 heteroatoms. The minimum absolute atomic E-state index is 0.184. The van der Waals surface area contributed by atoms with Crippen LogP contribution < -0.4 is 5.32 Å². The lowest BCUT2D eigenvalue weighted by Crippen LogP contribution is -2.24. The summed E-state index contributed by atoms with van der Waals surface area (Å²) in [5.74, 6) is 0.518. The summed E-state index contributed by atoms with van der Waals surface area (Å²) in [5.41, 5.74) is 0. The maximum atomic E-state index is 11.8. The van der Waals surface area contributed by atoms with E-state index in [1.807, 2.05) is 0 Å². The van der Waals surface area contributed by atoms with E-state index in [1.54, 1.807) is 7.11 Å². The highest BCUT2D eigenvalue weighted by Gasteiger charge is 2.27. The Morgan fingerprint density at radius 2 is 1.89 bits per heavy atom. The number of nitrogens with one attached hydrogen (secondary N) is 1. The van der Waals surface area contributed by atoms with Crippen molar-refractivity contribution in [3.8, 4) is 0 Å². The Morgan fingerprint density at radius 3 is 2.50 bits per heavy atom. The molecule has 0 aromatic carbocycles. The number of halogens is 3. The molecule has 1 N–H and O–H groups in total. The number of hydrogen-bond donors (Lipinski definition) is 1. The quantitative estimate of drug-likeness (QED) is 0.586. The van der Waals surface area contributed by atoms with Crippen LogP contribution in [0, 0.1) is 5.92 Å². The van der Waals surface area contributed by atoms with E-state index >= 15 is 0 Å². The van der Waals surface area contributed by atoms with Gasteiger partial charge in [-0.2, -0.15) is 13.2 Å². The Bertz CT molecular complexity index is 189. The molecule has 0 saturated carbocycles. The van der Waals surface area contributed by atoms with Gasteiger partial charge >= 0.3 is 6.18 Å². The van der Waals surface area contributed by atoms with E-state index in [-0.39, 0.29) is 6.61 Å². The Balaban J connectivity index is 3.22. The molecule has 0 amide bonds. The fourth-order valence-corrected chi connectivity index (χ4v) is 1.51. The van der Waals surface area contributed by atoms with Crippen LogP contribution in [0.2, 0.25) is 0 Å². The van der Waals surface area contributed by atoms with Crippen LogP contribution in [0.25, 0.3) is 0 Å². The van der Waals surface area contributed by atoms with Gasteiger partial charge in [-0.25, -0.2) is 0 Å². The largest absolute Gasteiger partial charge is 0.411 e. The number of unbranched alkanes of at least 4 members (excludes halogenated alkanes) is 1. The van der Waals surface area contributed by atoms with Crippen LogP contribution in [0.4, 0.5) is 13.2 Å². The topological polar surface area (TPSA) is 30.5 Å². The number of ether oxygens (including phenoxy) is 2. The summed E-state index contributed by atoms with van der Waals surface area (Å²) < 4.78 is 44.7. The Hall–Kier alpha value is -0.330. The molecule has 1 unspecified atom stereocenters. The van der Waals surface area contributed by atoms with Crippen molar-refractivity contribution in [3.63, 3.8) is 0 Å². The van der Waals surface area contributed by atoms with E-state index in [0.717, 1.165) is 25.9 Å². The summed E-state index contributed by atoms with van der Waals surface area (Å²) >= 11 is 0. The highest BCUT2D eigenvalue weighted by Crippen LogP contribution is 2.15. The Kier molecular flexibility index (Phi) is 10.4. The van der Waals surface area contributed by atoms with Gasteiger partial charge < -0.3 is 14.8 Å². The monoisotopic (exact) mass is 271 g/mol. The molecule has 0 saturated heterocycles. The van der Waals surface area contributed by atoms with Crippen molar-refractivity contribution in [2.75, 3.05) is 40.0 Å². The van der Waals surface area contributed by atoms with E-state index in [4.69, 9.17) is 4.74 Å². The molecule has 0 aromatic heterocycles. The van der Waals surface area contributed by atoms with Crippen molar-refractivity contribution in [1.82, 2.24) is 5.32 Å². The molecule has 3 nitrogen and oxygen atoms in total. The van der Waals surface area contributed by atoms with Gasteiger partial charge in [0, 0.05) is 20.3 Å². The zero-order valence-corrected chi connectivity index (χ0v) is 11.2. The highest BCUT2D eigenvalue weighted by molar-refractivity contribution is 4.57.